The van der Waals surface area contributed by atoms with E-state index in [-0.39, 0.29) is 0 Å². The molecule has 2 saturated heterocycles. The van der Waals surface area contributed by atoms with Crippen LogP contribution in [0.3, 0.4) is 0 Å². The van der Waals surface area contributed by atoms with Crippen LogP contribution in [0.2, 0.25) is 0 Å². The molecule has 2 heteroatoms. The Morgan fingerprint density at radius 1 is 1.10 bits per heavy atom. The molecule has 2 aliphatic heterocycles. The molecule has 2 heterocycles. The molecule has 0 radical (unpaired) electrons. The number of benzene rings is 1. The average molecular weight is 272 g/mol. The number of nitrogens with one attached hydrogen (secondary N) is 1. The molecule has 2 nitrogen and oxygen atoms in total. The van der Waals surface area contributed by atoms with Gasteiger partial charge >= 0.3 is 0 Å². The molecular weight excluding hydrogens is 244 g/mol. The number of hydrogen-bond acceptors (Lipinski definition) is 2. The lowest BCUT2D eigenvalue weighted by atomic mass is 9.84. The second-order valence-corrected chi connectivity index (χ2v) is 6.63. The lowest BCUT2D eigenvalue weighted by molar-refractivity contribution is 0.254. The van der Waals surface area contributed by atoms with E-state index in [1.807, 2.05) is 0 Å². The summed E-state index contributed by atoms with van der Waals surface area (Å²) in [5, 5.41) is 3.70. The van der Waals surface area contributed by atoms with Crippen LogP contribution >= 0.6 is 0 Å². The molecule has 0 amide bonds. The van der Waals surface area contributed by atoms with Gasteiger partial charge in [0, 0.05) is 6.04 Å². The second kappa shape index (κ2) is 6.73. The number of hydrogen-bond donors (Lipinski definition) is 1. The minimum Gasteiger partial charge on any atom is -0.314 e. The fourth-order valence-electron chi connectivity index (χ4n) is 3.80. The highest BCUT2D eigenvalue weighted by molar-refractivity contribution is 5.31. The van der Waals surface area contributed by atoms with Gasteiger partial charge in [0.25, 0.3) is 0 Å². The first kappa shape index (κ1) is 14.1. The van der Waals surface area contributed by atoms with Crippen molar-refractivity contribution in [2.45, 2.75) is 50.5 Å². The van der Waals surface area contributed by atoms with Gasteiger partial charge in [0.1, 0.15) is 0 Å². The van der Waals surface area contributed by atoms with Gasteiger partial charge in [-0.15, -0.1) is 0 Å². The minimum atomic E-state index is 0.705. The van der Waals surface area contributed by atoms with Crippen LogP contribution in [0.15, 0.2) is 24.3 Å². The summed E-state index contributed by atoms with van der Waals surface area (Å²) >= 11 is 0. The maximum Gasteiger partial charge on any atom is 0.0108 e. The minimum absolute atomic E-state index is 0.705. The van der Waals surface area contributed by atoms with E-state index in [1.54, 1.807) is 11.1 Å². The van der Waals surface area contributed by atoms with E-state index in [4.69, 9.17) is 0 Å². The van der Waals surface area contributed by atoms with Crippen LogP contribution in [-0.4, -0.2) is 37.6 Å². The van der Waals surface area contributed by atoms with Crippen LogP contribution in [0, 0.1) is 0 Å². The highest BCUT2D eigenvalue weighted by Gasteiger charge is 2.22. The van der Waals surface area contributed by atoms with E-state index in [0.29, 0.717) is 6.04 Å². The Bertz CT molecular complexity index is 415. The van der Waals surface area contributed by atoms with Gasteiger partial charge in [-0.25, -0.2) is 0 Å². The van der Waals surface area contributed by atoms with Crippen molar-refractivity contribution in [1.29, 1.82) is 0 Å². The SMILES string of the molecule is CN1CCC(c2ccccc2CC2CCCCN2)CC1. The Hall–Kier alpha value is -0.860. The second-order valence-electron chi connectivity index (χ2n) is 6.63. The van der Waals surface area contributed by atoms with E-state index < -0.39 is 0 Å². The molecule has 3 rings (SSSR count). The third-order valence-corrected chi connectivity index (χ3v) is 5.09. The molecule has 1 atom stereocenters. The molecule has 0 bridgehead atoms. The van der Waals surface area contributed by atoms with Crippen LogP contribution in [0.4, 0.5) is 0 Å². The predicted molar refractivity (Wildman–Crippen MR) is 85.3 cm³/mol. The summed E-state index contributed by atoms with van der Waals surface area (Å²) in [7, 11) is 2.24. The van der Waals surface area contributed by atoms with Crippen LogP contribution in [0.25, 0.3) is 0 Å². The summed E-state index contributed by atoms with van der Waals surface area (Å²) in [6.07, 6.45) is 7.97. The lowest BCUT2D eigenvalue weighted by Gasteiger charge is -2.31. The molecule has 110 valence electrons. The van der Waals surface area contributed by atoms with E-state index in [1.165, 1.54) is 58.2 Å². The van der Waals surface area contributed by atoms with Crippen LogP contribution < -0.4 is 5.32 Å². The van der Waals surface area contributed by atoms with Crippen molar-refractivity contribution in [3.63, 3.8) is 0 Å². The maximum atomic E-state index is 3.70. The Morgan fingerprint density at radius 2 is 1.90 bits per heavy atom. The quantitative estimate of drug-likeness (QED) is 0.909. The fourth-order valence-corrected chi connectivity index (χ4v) is 3.80. The highest BCUT2D eigenvalue weighted by atomic mass is 15.1. The van der Waals surface area contributed by atoms with Crippen molar-refractivity contribution >= 4 is 0 Å². The van der Waals surface area contributed by atoms with Crippen LogP contribution in [0.1, 0.15) is 49.1 Å². The molecule has 0 aromatic heterocycles. The molecule has 1 aromatic rings. The summed E-state index contributed by atoms with van der Waals surface area (Å²) in [5.41, 5.74) is 3.23. The summed E-state index contributed by atoms with van der Waals surface area (Å²) in [6.45, 7) is 3.71. The normalized spacial score (nSPS) is 25.8. The molecule has 0 spiro atoms. The van der Waals surface area contributed by atoms with Crippen molar-refractivity contribution < 1.29 is 0 Å². The van der Waals surface area contributed by atoms with Crippen molar-refractivity contribution in [2.24, 2.45) is 0 Å². The van der Waals surface area contributed by atoms with E-state index in [9.17, 15) is 0 Å². The van der Waals surface area contributed by atoms with Crippen molar-refractivity contribution in [1.82, 2.24) is 10.2 Å². The molecule has 20 heavy (non-hydrogen) atoms. The van der Waals surface area contributed by atoms with Crippen LogP contribution in [-0.2, 0) is 6.42 Å². The fraction of sp³-hybridized carbons (Fsp3) is 0.667. The molecule has 1 unspecified atom stereocenters. The molecule has 2 fully saturated rings. The van der Waals surface area contributed by atoms with E-state index in [2.05, 4.69) is 41.5 Å². The van der Waals surface area contributed by atoms with Gasteiger partial charge in [0.15, 0.2) is 0 Å². The third-order valence-electron chi connectivity index (χ3n) is 5.09. The Morgan fingerprint density at radius 3 is 2.65 bits per heavy atom. The molecule has 1 aromatic carbocycles. The van der Waals surface area contributed by atoms with Gasteiger partial charge in [0.05, 0.1) is 0 Å². The lowest BCUT2D eigenvalue weighted by Crippen LogP contribution is -2.36. The first-order chi connectivity index (χ1) is 9.83. The monoisotopic (exact) mass is 272 g/mol. The van der Waals surface area contributed by atoms with Crippen LogP contribution in [0.5, 0.6) is 0 Å². The molecular formula is C18H28N2. The summed E-state index contributed by atoms with van der Waals surface area (Å²) in [6, 6.07) is 9.90. The van der Waals surface area contributed by atoms with Crippen molar-refractivity contribution in [2.75, 3.05) is 26.7 Å². The predicted octanol–water partition coefficient (Wildman–Crippen LogP) is 3.18. The highest BCUT2D eigenvalue weighted by Crippen LogP contribution is 2.31. The van der Waals surface area contributed by atoms with Crippen molar-refractivity contribution in [3.8, 4) is 0 Å². The smallest absolute Gasteiger partial charge is 0.0108 e. The van der Waals surface area contributed by atoms with E-state index in [0.717, 1.165) is 5.92 Å². The average Bonchev–Trinajstić information content (AvgIpc) is 2.50. The maximum absolute atomic E-state index is 3.70. The number of piperidine rings is 2. The zero-order valence-corrected chi connectivity index (χ0v) is 12.8. The van der Waals surface area contributed by atoms with Crippen molar-refractivity contribution in [3.05, 3.63) is 35.4 Å². The number of likely N-dealkylation sites (tertiary alicyclic amines) is 1. The Kier molecular flexibility index (Phi) is 4.74. The Labute approximate surface area is 123 Å². The van der Waals surface area contributed by atoms with Gasteiger partial charge in [-0.2, -0.15) is 0 Å². The van der Waals surface area contributed by atoms with Gasteiger partial charge in [-0.3, -0.25) is 0 Å². The molecule has 0 aliphatic carbocycles. The zero-order valence-electron chi connectivity index (χ0n) is 12.8. The van der Waals surface area contributed by atoms with E-state index >= 15 is 0 Å². The third kappa shape index (κ3) is 3.42. The molecule has 0 saturated carbocycles. The standard InChI is InChI=1S/C18H28N2/c1-20-12-9-15(10-13-20)18-8-3-2-6-16(18)14-17-7-4-5-11-19-17/h2-3,6,8,15,17,19H,4-5,7,9-14H2,1H3. The number of rotatable bonds is 3. The number of nitrogens with zero attached hydrogens (tertiary/aromatic N) is 1. The summed E-state index contributed by atoms with van der Waals surface area (Å²) in [5.74, 6) is 0.783. The summed E-state index contributed by atoms with van der Waals surface area (Å²) in [4.78, 5) is 2.46. The topological polar surface area (TPSA) is 15.3 Å². The molecule has 1 N–H and O–H groups in total. The zero-order chi connectivity index (χ0) is 13.8. The largest absolute Gasteiger partial charge is 0.314 e. The summed E-state index contributed by atoms with van der Waals surface area (Å²) < 4.78 is 0. The first-order valence-corrected chi connectivity index (χ1v) is 8.32. The molecule has 2 aliphatic rings. The Balaban J connectivity index is 1.70. The first-order valence-electron chi connectivity index (χ1n) is 8.32. The van der Waals surface area contributed by atoms with Gasteiger partial charge in [-0.1, -0.05) is 30.7 Å². The van der Waals surface area contributed by atoms with Gasteiger partial charge in [-0.05, 0) is 75.8 Å². The van der Waals surface area contributed by atoms with Gasteiger partial charge < -0.3 is 10.2 Å². The van der Waals surface area contributed by atoms with Gasteiger partial charge in [0.2, 0.25) is 0 Å².